The van der Waals surface area contributed by atoms with Crippen LogP contribution in [0.25, 0.3) is 0 Å². The van der Waals surface area contributed by atoms with E-state index in [9.17, 15) is 9.59 Å². The molecule has 6 heteroatoms. The third kappa shape index (κ3) is 3.91. The van der Waals surface area contributed by atoms with Crippen molar-refractivity contribution in [3.05, 3.63) is 48.0 Å². The predicted octanol–water partition coefficient (Wildman–Crippen LogP) is 3.12. The van der Waals surface area contributed by atoms with E-state index in [0.29, 0.717) is 34.3 Å². The van der Waals surface area contributed by atoms with Gasteiger partial charge in [0.05, 0.1) is 18.5 Å². The molecule has 3 rings (SSSR count). The Kier molecular flexibility index (Phi) is 4.61. The summed E-state index contributed by atoms with van der Waals surface area (Å²) in [6, 6.07) is 11.8. The molecule has 1 saturated carbocycles. The van der Waals surface area contributed by atoms with Gasteiger partial charge in [-0.25, -0.2) is 0 Å². The van der Waals surface area contributed by atoms with Crippen molar-refractivity contribution in [3.8, 4) is 5.75 Å². The van der Waals surface area contributed by atoms with Gasteiger partial charge in [0.15, 0.2) is 0 Å². The molecule has 2 unspecified atom stereocenters. The molecule has 1 fully saturated rings. The molecular formula is C19H21N3O3. The van der Waals surface area contributed by atoms with Crippen molar-refractivity contribution in [2.45, 2.75) is 13.3 Å². The number of carbonyl (C=O) groups excluding carboxylic acids is 2. The third-order valence-electron chi connectivity index (χ3n) is 4.37. The van der Waals surface area contributed by atoms with Crippen molar-refractivity contribution < 1.29 is 14.3 Å². The summed E-state index contributed by atoms with van der Waals surface area (Å²) in [6.45, 7) is 2.06. The van der Waals surface area contributed by atoms with E-state index >= 15 is 0 Å². The molecule has 0 radical (unpaired) electrons. The average Bonchev–Trinajstić information content (AvgIpc) is 3.34. The van der Waals surface area contributed by atoms with E-state index < -0.39 is 0 Å². The summed E-state index contributed by atoms with van der Waals surface area (Å²) in [5, 5.41) is 5.63. The van der Waals surface area contributed by atoms with Gasteiger partial charge in [-0.3, -0.25) is 9.59 Å². The van der Waals surface area contributed by atoms with Gasteiger partial charge >= 0.3 is 0 Å². The zero-order chi connectivity index (χ0) is 18.0. The number of benzene rings is 2. The molecule has 6 nitrogen and oxygen atoms in total. The lowest BCUT2D eigenvalue weighted by Gasteiger charge is -2.10. The largest absolute Gasteiger partial charge is 0.497 e. The minimum atomic E-state index is -0.284. The number of anilines is 3. The number of ether oxygens (including phenoxy) is 1. The van der Waals surface area contributed by atoms with Gasteiger partial charge in [0.25, 0.3) is 5.91 Å². The van der Waals surface area contributed by atoms with Crippen LogP contribution in [0.4, 0.5) is 17.1 Å². The summed E-state index contributed by atoms with van der Waals surface area (Å²) >= 11 is 0. The highest BCUT2D eigenvalue weighted by molar-refractivity contribution is 6.06. The lowest BCUT2D eigenvalue weighted by molar-refractivity contribution is -0.117. The maximum absolute atomic E-state index is 12.4. The van der Waals surface area contributed by atoms with E-state index in [0.717, 1.165) is 6.42 Å². The van der Waals surface area contributed by atoms with E-state index in [1.165, 1.54) is 0 Å². The molecule has 0 spiro atoms. The van der Waals surface area contributed by atoms with Gasteiger partial charge in [-0.05, 0) is 48.7 Å². The summed E-state index contributed by atoms with van der Waals surface area (Å²) in [5.74, 6) is 0.928. The minimum Gasteiger partial charge on any atom is -0.497 e. The van der Waals surface area contributed by atoms with E-state index in [1.807, 2.05) is 0 Å². The number of methoxy groups -OCH3 is 1. The van der Waals surface area contributed by atoms with Crippen LogP contribution in [0.2, 0.25) is 0 Å². The van der Waals surface area contributed by atoms with Crippen molar-refractivity contribution in [3.63, 3.8) is 0 Å². The number of nitrogen functional groups attached to an aromatic ring is 1. The van der Waals surface area contributed by atoms with Crippen molar-refractivity contribution in [1.82, 2.24) is 0 Å². The van der Waals surface area contributed by atoms with Crippen LogP contribution in [-0.4, -0.2) is 18.9 Å². The number of hydrogen-bond donors (Lipinski definition) is 3. The minimum absolute atomic E-state index is 0.0360. The maximum atomic E-state index is 12.4. The van der Waals surface area contributed by atoms with Gasteiger partial charge < -0.3 is 21.1 Å². The molecule has 0 aromatic heterocycles. The molecule has 0 saturated heterocycles. The maximum Gasteiger partial charge on any atom is 0.255 e. The smallest absolute Gasteiger partial charge is 0.255 e. The van der Waals surface area contributed by atoms with Gasteiger partial charge in [0.1, 0.15) is 5.75 Å². The van der Waals surface area contributed by atoms with Crippen LogP contribution in [0.5, 0.6) is 5.75 Å². The summed E-state index contributed by atoms with van der Waals surface area (Å²) < 4.78 is 5.13. The van der Waals surface area contributed by atoms with Crippen LogP contribution in [0, 0.1) is 11.8 Å². The third-order valence-corrected chi connectivity index (χ3v) is 4.37. The van der Waals surface area contributed by atoms with Crippen LogP contribution >= 0.6 is 0 Å². The molecule has 1 aliphatic carbocycles. The van der Waals surface area contributed by atoms with Crippen molar-refractivity contribution in [2.24, 2.45) is 11.8 Å². The average molecular weight is 339 g/mol. The molecule has 4 N–H and O–H groups in total. The van der Waals surface area contributed by atoms with E-state index in [4.69, 9.17) is 10.5 Å². The molecule has 2 atom stereocenters. The Labute approximate surface area is 146 Å². The zero-order valence-corrected chi connectivity index (χ0v) is 14.2. The monoisotopic (exact) mass is 339 g/mol. The molecule has 2 amide bonds. The number of hydrogen-bond acceptors (Lipinski definition) is 4. The highest BCUT2D eigenvalue weighted by Gasteiger charge is 2.39. The van der Waals surface area contributed by atoms with Crippen LogP contribution < -0.4 is 21.1 Å². The number of nitrogens with one attached hydrogen (secondary N) is 2. The Morgan fingerprint density at radius 1 is 1.12 bits per heavy atom. The fourth-order valence-electron chi connectivity index (χ4n) is 2.59. The van der Waals surface area contributed by atoms with Gasteiger partial charge in [0.2, 0.25) is 5.91 Å². The molecule has 0 heterocycles. The number of amides is 2. The molecule has 1 aliphatic rings. The van der Waals surface area contributed by atoms with Gasteiger partial charge in [-0.2, -0.15) is 0 Å². The van der Waals surface area contributed by atoms with Gasteiger partial charge in [-0.1, -0.05) is 6.92 Å². The summed E-state index contributed by atoms with van der Waals surface area (Å²) in [7, 11) is 1.55. The topological polar surface area (TPSA) is 93.4 Å². The Morgan fingerprint density at radius 3 is 2.40 bits per heavy atom. The molecule has 25 heavy (non-hydrogen) atoms. The Morgan fingerprint density at radius 2 is 1.80 bits per heavy atom. The summed E-state index contributed by atoms with van der Waals surface area (Å²) in [5.41, 5.74) is 7.98. The number of carbonyl (C=O) groups is 2. The lowest BCUT2D eigenvalue weighted by atomic mass is 10.1. The van der Waals surface area contributed by atoms with Crippen molar-refractivity contribution >= 4 is 28.9 Å². The van der Waals surface area contributed by atoms with Gasteiger partial charge in [0, 0.05) is 23.2 Å². The SMILES string of the molecule is COc1ccc(N)c(NC(=O)c2ccc(NC(=O)C3CC3C)cc2)c1. The Bertz CT molecular complexity index is 802. The van der Waals surface area contributed by atoms with E-state index in [-0.39, 0.29) is 17.7 Å². The molecular weight excluding hydrogens is 318 g/mol. The fraction of sp³-hybridized carbons (Fsp3) is 0.263. The lowest BCUT2D eigenvalue weighted by Crippen LogP contribution is -2.15. The summed E-state index contributed by atoms with van der Waals surface area (Å²) in [6.07, 6.45) is 0.939. The normalized spacial score (nSPS) is 18.3. The molecule has 2 aromatic rings. The molecule has 0 bridgehead atoms. The number of nitrogens with two attached hydrogens (primary N) is 1. The second-order valence-electron chi connectivity index (χ2n) is 6.29. The van der Waals surface area contributed by atoms with E-state index in [1.54, 1.807) is 49.6 Å². The Balaban J connectivity index is 1.65. The first-order valence-corrected chi connectivity index (χ1v) is 8.13. The second kappa shape index (κ2) is 6.84. The first-order valence-electron chi connectivity index (χ1n) is 8.13. The van der Waals surface area contributed by atoms with E-state index in [2.05, 4.69) is 17.6 Å². The van der Waals surface area contributed by atoms with Crippen LogP contribution in [0.3, 0.4) is 0 Å². The van der Waals surface area contributed by atoms with Gasteiger partial charge in [-0.15, -0.1) is 0 Å². The first-order chi connectivity index (χ1) is 12.0. The van der Waals surface area contributed by atoms with Crippen LogP contribution in [0.15, 0.2) is 42.5 Å². The Hall–Kier alpha value is -3.02. The van der Waals surface area contributed by atoms with Crippen molar-refractivity contribution in [2.75, 3.05) is 23.5 Å². The quantitative estimate of drug-likeness (QED) is 0.730. The standard InChI is InChI=1S/C19H21N3O3/c1-11-9-15(11)19(24)21-13-5-3-12(4-6-13)18(23)22-17-10-14(25-2)7-8-16(17)20/h3-8,10-11,15H,9,20H2,1-2H3,(H,21,24)(H,22,23). The highest BCUT2D eigenvalue weighted by atomic mass is 16.5. The second-order valence-corrected chi connectivity index (χ2v) is 6.29. The molecule has 2 aromatic carbocycles. The van der Waals surface area contributed by atoms with Crippen molar-refractivity contribution in [1.29, 1.82) is 0 Å². The molecule has 0 aliphatic heterocycles. The highest BCUT2D eigenvalue weighted by Crippen LogP contribution is 2.38. The predicted molar refractivity (Wildman–Crippen MR) is 97.7 cm³/mol. The number of rotatable bonds is 5. The fourth-order valence-corrected chi connectivity index (χ4v) is 2.59. The van der Waals surface area contributed by atoms with Crippen LogP contribution in [-0.2, 0) is 4.79 Å². The first kappa shape index (κ1) is 16.8. The summed E-state index contributed by atoms with van der Waals surface area (Å²) in [4.78, 5) is 24.3. The molecule has 130 valence electrons. The zero-order valence-electron chi connectivity index (χ0n) is 14.2. The van der Waals surface area contributed by atoms with Crippen LogP contribution in [0.1, 0.15) is 23.7 Å².